The number of nitrogens with zero attached hydrogens (tertiary/aromatic N) is 4. The molecule has 0 saturated heterocycles. The van der Waals surface area contributed by atoms with Crippen LogP contribution in [0.3, 0.4) is 0 Å². The number of anilines is 1. The van der Waals surface area contributed by atoms with Crippen molar-refractivity contribution in [2.45, 2.75) is 51.8 Å². The van der Waals surface area contributed by atoms with Crippen molar-refractivity contribution in [1.82, 2.24) is 14.6 Å². The largest absolute Gasteiger partial charge is 0.459 e. The molecule has 0 spiro atoms. The molecular formula is C26H22F3N5O5S. The standard InChI is InChI=1S/C26H22F3N5O5S/c1-13(2)39-25(36)22-16-5-3-4-6-19(16)40-24(22)31-23(35)18-12-21-30-17(11-20(26(27,28)29)33(21)32-18)14-7-9-15(10-8-14)34(37)38/h7-13H,3-6H2,1-2H3,(H,31,35). The van der Waals surface area contributed by atoms with Crippen LogP contribution in [0.25, 0.3) is 16.9 Å². The highest BCUT2D eigenvalue weighted by atomic mass is 32.1. The molecule has 1 aromatic carbocycles. The van der Waals surface area contributed by atoms with Crippen molar-refractivity contribution in [3.05, 3.63) is 73.9 Å². The molecule has 10 nitrogen and oxygen atoms in total. The molecule has 1 aliphatic carbocycles. The van der Waals surface area contributed by atoms with Gasteiger partial charge in [0, 0.05) is 28.6 Å². The molecule has 0 aliphatic heterocycles. The van der Waals surface area contributed by atoms with Gasteiger partial charge in [-0.2, -0.15) is 18.3 Å². The fourth-order valence-electron chi connectivity index (χ4n) is 4.50. The summed E-state index contributed by atoms with van der Waals surface area (Å²) in [6.45, 7) is 3.42. The highest BCUT2D eigenvalue weighted by Crippen LogP contribution is 2.39. The highest BCUT2D eigenvalue weighted by Gasteiger charge is 2.36. The van der Waals surface area contributed by atoms with Gasteiger partial charge in [0.2, 0.25) is 0 Å². The normalized spacial score (nSPS) is 13.3. The Morgan fingerprint density at radius 1 is 1.15 bits per heavy atom. The van der Waals surface area contributed by atoms with E-state index in [-0.39, 0.29) is 45.0 Å². The van der Waals surface area contributed by atoms with Crippen molar-refractivity contribution in [1.29, 1.82) is 0 Å². The Balaban J connectivity index is 1.53. The number of halogens is 3. The Bertz CT molecular complexity index is 1640. The number of non-ortho nitro benzene ring substituents is 1. The first kappa shape index (κ1) is 27.2. The number of aryl methyl sites for hydroxylation is 1. The lowest BCUT2D eigenvalue weighted by atomic mass is 9.95. The maximum atomic E-state index is 14.0. The summed E-state index contributed by atoms with van der Waals surface area (Å²) in [5, 5.41) is 17.7. The van der Waals surface area contributed by atoms with E-state index in [1.807, 2.05) is 0 Å². The summed E-state index contributed by atoms with van der Waals surface area (Å²) >= 11 is 1.25. The van der Waals surface area contributed by atoms with E-state index in [1.165, 1.54) is 23.5 Å². The minimum absolute atomic E-state index is 0.105. The fraction of sp³-hybridized carbons (Fsp3) is 0.308. The second kappa shape index (κ2) is 10.3. The molecule has 1 N–H and O–H groups in total. The van der Waals surface area contributed by atoms with Gasteiger partial charge in [-0.25, -0.2) is 14.3 Å². The van der Waals surface area contributed by atoms with Crippen LogP contribution in [0.5, 0.6) is 0 Å². The molecule has 0 bridgehead atoms. The molecule has 1 aliphatic rings. The van der Waals surface area contributed by atoms with Gasteiger partial charge in [0.15, 0.2) is 17.0 Å². The number of hydrogen-bond donors (Lipinski definition) is 1. The number of hydrogen-bond acceptors (Lipinski definition) is 8. The molecule has 208 valence electrons. The molecule has 0 atom stereocenters. The minimum Gasteiger partial charge on any atom is -0.459 e. The third-order valence-electron chi connectivity index (χ3n) is 6.27. The van der Waals surface area contributed by atoms with E-state index in [4.69, 9.17) is 4.74 Å². The Hall–Kier alpha value is -4.33. The summed E-state index contributed by atoms with van der Waals surface area (Å²) < 4.78 is 47.9. The smallest absolute Gasteiger partial charge is 0.433 e. The molecule has 3 heterocycles. The van der Waals surface area contributed by atoms with E-state index in [9.17, 15) is 32.9 Å². The molecular weight excluding hydrogens is 551 g/mol. The number of aromatic nitrogens is 3. The molecule has 0 radical (unpaired) electrons. The lowest BCUT2D eigenvalue weighted by molar-refractivity contribution is -0.384. The third kappa shape index (κ3) is 5.26. The van der Waals surface area contributed by atoms with Crippen LogP contribution in [0.4, 0.5) is 23.9 Å². The van der Waals surface area contributed by atoms with Crippen LogP contribution in [0.2, 0.25) is 0 Å². The number of carbonyl (C=O) groups is 2. The minimum atomic E-state index is -4.85. The number of nitrogens with one attached hydrogen (secondary N) is 1. The van der Waals surface area contributed by atoms with Gasteiger partial charge in [-0.3, -0.25) is 14.9 Å². The first-order chi connectivity index (χ1) is 18.9. The number of alkyl halides is 3. The van der Waals surface area contributed by atoms with Crippen molar-refractivity contribution in [2.75, 3.05) is 5.32 Å². The van der Waals surface area contributed by atoms with Gasteiger partial charge in [0.25, 0.3) is 11.6 Å². The van der Waals surface area contributed by atoms with Gasteiger partial charge in [-0.05, 0) is 63.3 Å². The van der Waals surface area contributed by atoms with Crippen molar-refractivity contribution in [3.63, 3.8) is 0 Å². The van der Waals surface area contributed by atoms with Gasteiger partial charge < -0.3 is 10.1 Å². The predicted molar refractivity (Wildman–Crippen MR) is 140 cm³/mol. The van der Waals surface area contributed by atoms with Crippen LogP contribution in [0.1, 0.15) is 63.7 Å². The Morgan fingerprint density at radius 2 is 1.85 bits per heavy atom. The summed E-state index contributed by atoms with van der Waals surface area (Å²) in [4.78, 5) is 41.6. The number of nitro benzene ring substituents is 1. The average molecular weight is 574 g/mol. The van der Waals surface area contributed by atoms with Crippen molar-refractivity contribution >= 4 is 39.5 Å². The fourth-order valence-corrected chi connectivity index (χ4v) is 5.77. The number of amides is 1. The zero-order valence-electron chi connectivity index (χ0n) is 21.2. The van der Waals surface area contributed by atoms with Crippen LogP contribution in [0, 0.1) is 10.1 Å². The highest BCUT2D eigenvalue weighted by molar-refractivity contribution is 7.17. The molecule has 14 heteroatoms. The van der Waals surface area contributed by atoms with Crippen LogP contribution >= 0.6 is 11.3 Å². The summed E-state index contributed by atoms with van der Waals surface area (Å²) in [5.74, 6) is -1.39. The summed E-state index contributed by atoms with van der Waals surface area (Å²) in [5.41, 5.74) is -0.809. The molecule has 4 aromatic rings. The Labute approximate surface area is 228 Å². The third-order valence-corrected chi connectivity index (χ3v) is 7.48. The Kier molecular flexibility index (Phi) is 7.04. The molecule has 40 heavy (non-hydrogen) atoms. The van der Waals surface area contributed by atoms with Crippen LogP contribution in [-0.4, -0.2) is 37.5 Å². The van der Waals surface area contributed by atoms with Gasteiger partial charge in [-0.15, -0.1) is 11.3 Å². The number of rotatable bonds is 6. The zero-order valence-corrected chi connectivity index (χ0v) is 22.1. The van der Waals surface area contributed by atoms with Gasteiger partial charge in [0.1, 0.15) is 5.00 Å². The molecule has 0 fully saturated rings. The second-order valence-corrected chi connectivity index (χ2v) is 10.6. The molecule has 0 saturated carbocycles. The van der Waals surface area contributed by atoms with E-state index in [1.54, 1.807) is 13.8 Å². The van der Waals surface area contributed by atoms with Crippen LogP contribution in [-0.2, 0) is 23.8 Å². The summed E-state index contributed by atoms with van der Waals surface area (Å²) in [7, 11) is 0. The van der Waals surface area contributed by atoms with Crippen molar-refractivity contribution in [2.24, 2.45) is 0 Å². The van der Waals surface area contributed by atoms with Gasteiger partial charge >= 0.3 is 12.1 Å². The average Bonchev–Trinajstić information content (AvgIpc) is 3.48. The lowest BCUT2D eigenvalue weighted by Crippen LogP contribution is -2.18. The monoisotopic (exact) mass is 573 g/mol. The number of thiophene rings is 1. The summed E-state index contributed by atoms with van der Waals surface area (Å²) in [6.07, 6.45) is -2.01. The number of esters is 1. The van der Waals surface area contributed by atoms with Crippen LogP contribution in [0.15, 0.2) is 36.4 Å². The first-order valence-corrected chi connectivity index (χ1v) is 13.1. The lowest BCUT2D eigenvalue weighted by Gasteiger charge is -2.14. The molecule has 3 aromatic heterocycles. The summed E-state index contributed by atoms with van der Waals surface area (Å²) in [6, 6.07) is 6.77. The molecule has 5 rings (SSSR count). The number of benzene rings is 1. The topological polar surface area (TPSA) is 129 Å². The predicted octanol–water partition coefficient (Wildman–Crippen LogP) is 6.08. The van der Waals surface area contributed by atoms with E-state index < -0.39 is 28.7 Å². The van der Waals surface area contributed by atoms with Gasteiger partial charge in [-0.1, -0.05) is 0 Å². The quantitative estimate of drug-likeness (QED) is 0.168. The van der Waals surface area contributed by atoms with Crippen molar-refractivity contribution < 1.29 is 32.4 Å². The maximum Gasteiger partial charge on any atom is 0.433 e. The van der Waals surface area contributed by atoms with E-state index in [0.29, 0.717) is 10.9 Å². The number of fused-ring (bicyclic) bond motifs is 2. The number of nitro groups is 1. The van der Waals surface area contributed by atoms with Crippen molar-refractivity contribution in [3.8, 4) is 11.3 Å². The molecule has 0 unspecified atom stereocenters. The van der Waals surface area contributed by atoms with Crippen LogP contribution < -0.4 is 5.32 Å². The number of ether oxygens (including phenoxy) is 1. The van der Waals surface area contributed by atoms with E-state index in [0.717, 1.165) is 54.0 Å². The molecule has 1 amide bonds. The SMILES string of the molecule is CC(C)OC(=O)c1c(NC(=O)c2cc3nc(-c4ccc([N+](=O)[O-])cc4)cc(C(F)(F)F)n3n2)sc2c1CCCC2. The second-order valence-electron chi connectivity index (χ2n) is 9.45. The maximum absolute atomic E-state index is 14.0. The zero-order chi connectivity index (χ0) is 28.8. The van der Waals surface area contributed by atoms with E-state index >= 15 is 0 Å². The van der Waals surface area contributed by atoms with E-state index in [2.05, 4.69) is 15.4 Å². The number of carbonyl (C=O) groups excluding carboxylic acids is 2. The van der Waals surface area contributed by atoms with Gasteiger partial charge in [0.05, 0.1) is 22.3 Å². The Morgan fingerprint density at radius 3 is 2.50 bits per heavy atom. The first-order valence-electron chi connectivity index (χ1n) is 12.3.